The van der Waals surface area contributed by atoms with Crippen molar-refractivity contribution < 1.29 is 5.11 Å². The Hall–Kier alpha value is -0.0200. The van der Waals surface area contributed by atoms with Crippen molar-refractivity contribution in [2.75, 3.05) is 5.75 Å². The Morgan fingerprint density at radius 3 is 2.70 bits per heavy atom. The van der Waals surface area contributed by atoms with E-state index < -0.39 is 6.23 Å². The van der Waals surface area contributed by atoms with E-state index in [0.29, 0.717) is 0 Å². The SMILES string of the molecule is CC1=NC(O)CSC1(C)C. The molecule has 2 nitrogen and oxygen atoms in total. The first-order chi connectivity index (χ1) is 4.52. The van der Waals surface area contributed by atoms with Crippen LogP contribution >= 0.6 is 11.8 Å². The molecule has 0 saturated carbocycles. The molecule has 1 unspecified atom stereocenters. The van der Waals surface area contributed by atoms with Crippen LogP contribution in [-0.2, 0) is 0 Å². The summed E-state index contributed by atoms with van der Waals surface area (Å²) in [5.41, 5.74) is 1.04. The highest BCUT2D eigenvalue weighted by molar-refractivity contribution is 8.01. The number of nitrogens with zero attached hydrogens (tertiary/aromatic N) is 1. The van der Waals surface area contributed by atoms with Crippen molar-refractivity contribution in [3.8, 4) is 0 Å². The highest BCUT2D eigenvalue weighted by Gasteiger charge is 2.27. The number of aliphatic hydroxyl groups excluding tert-OH is 1. The molecular weight excluding hydrogens is 146 g/mol. The zero-order valence-corrected chi connectivity index (χ0v) is 7.40. The van der Waals surface area contributed by atoms with Gasteiger partial charge in [-0.05, 0) is 20.8 Å². The Balaban J connectivity index is 2.78. The monoisotopic (exact) mass is 159 g/mol. The molecule has 0 aliphatic carbocycles. The molecule has 0 aromatic rings. The van der Waals surface area contributed by atoms with Crippen LogP contribution in [0.3, 0.4) is 0 Å². The van der Waals surface area contributed by atoms with Crippen LogP contribution in [0, 0.1) is 0 Å². The number of hydrogen-bond donors (Lipinski definition) is 1. The fraction of sp³-hybridized carbons (Fsp3) is 0.857. The molecule has 1 rings (SSSR count). The molecule has 0 bridgehead atoms. The molecule has 0 spiro atoms. The van der Waals surface area contributed by atoms with Gasteiger partial charge in [0.2, 0.25) is 0 Å². The zero-order chi connectivity index (χ0) is 7.78. The first kappa shape index (κ1) is 8.08. The highest BCUT2D eigenvalue weighted by Crippen LogP contribution is 2.30. The molecule has 1 aliphatic heterocycles. The summed E-state index contributed by atoms with van der Waals surface area (Å²) in [5, 5.41) is 9.10. The molecule has 10 heavy (non-hydrogen) atoms. The van der Waals surface area contributed by atoms with E-state index in [0.717, 1.165) is 11.5 Å². The number of thioether (sulfide) groups is 1. The predicted molar refractivity (Wildman–Crippen MR) is 45.7 cm³/mol. The second kappa shape index (κ2) is 2.55. The average Bonchev–Trinajstić information content (AvgIpc) is 1.81. The third-order valence-electron chi connectivity index (χ3n) is 1.81. The Labute approximate surface area is 65.7 Å². The Bertz CT molecular complexity index is 165. The summed E-state index contributed by atoms with van der Waals surface area (Å²) >= 11 is 1.76. The minimum absolute atomic E-state index is 0.124. The first-order valence-electron chi connectivity index (χ1n) is 3.39. The van der Waals surface area contributed by atoms with Gasteiger partial charge in [0, 0.05) is 16.2 Å². The number of hydrogen-bond acceptors (Lipinski definition) is 3. The Morgan fingerprint density at radius 2 is 2.30 bits per heavy atom. The van der Waals surface area contributed by atoms with Crippen molar-refractivity contribution in [1.29, 1.82) is 0 Å². The molecule has 0 amide bonds. The molecule has 1 atom stereocenters. The molecule has 0 aromatic heterocycles. The van der Waals surface area contributed by atoms with E-state index in [-0.39, 0.29) is 4.75 Å². The summed E-state index contributed by atoms with van der Waals surface area (Å²) in [7, 11) is 0. The van der Waals surface area contributed by atoms with Gasteiger partial charge in [0.1, 0.15) is 0 Å². The summed E-state index contributed by atoms with van der Waals surface area (Å²) in [6.45, 7) is 6.22. The predicted octanol–water partition coefficient (Wildman–Crippen LogP) is 1.29. The van der Waals surface area contributed by atoms with Crippen LogP contribution < -0.4 is 0 Å². The lowest BCUT2D eigenvalue weighted by atomic mass is 10.1. The maximum absolute atomic E-state index is 9.10. The quantitative estimate of drug-likeness (QED) is 0.577. The molecule has 0 fully saturated rings. The van der Waals surface area contributed by atoms with Crippen LogP contribution in [0.1, 0.15) is 20.8 Å². The fourth-order valence-corrected chi connectivity index (χ4v) is 1.71. The number of rotatable bonds is 0. The molecule has 0 aromatic carbocycles. The van der Waals surface area contributed by atoms with Gasteiger partial charge in [0.05, 0.1) is 0 Å². The molecule has 1 heterocycles. The second-order valence-corrected chi connectivity index (χ2v) is 4.66. The van der Waals surface area contributed by atoms with Gasteiger partial charge in [-0.2, -0.15) is 0 Å². The van der Waals surface area contributed by atoms with Crippen LogP contribution in [0.15, 0.2) is 4.99 Å². The second-order valence-electron chi connectivity index (χ2n) is 3.02. The zero-order valence-electron chi connectivity index (χ0n) is 6.59. The van der Waals surface area contributed by atoms with Gasteiger partial charge in [0.25, 0.3) is 0 Å². The van der Waals surface area contributed by atoms with Crippen LogP contribution in [-0.4, -0.2) is 27.5 Å². The molecular formula is C7H13NOS. The first-order valence-corrected chi connectivity index (χ1v) is 4.38. The smallest absolute Gasteiger partial charge is 0.154 e. The Morgan fingerprint density at radius 1 is 1.70 bits per heavy atom. The average molecular weight is 159 g/mol. The van der Waals surface area contributed by atoms with Crippen molar-refractivity contribution in [2.24, 2.45) is 4.99 Å². The molecule has 0 saturated heterocycles. The van der Waals surface area contributed by atoms with Crippen molar-refractivity contribution in [3.05, 3.63) is 0 Å². The van der Waals surface area contributed by atoms with Crippen molar-refractivity contribution >= 4 is 17.5 Å². The van der Waals surface area contributed by atoms with Gasteiger partial charge in [-0.15, -0.1) is 11.8 Å². The highest BCUT2D eigenvalue weighted by atomic mass is 32.2. The lowest BCUT2D eigenvalue weighted by Crippen LogP contribution is -2.33. The minimum atomic E-state index is -0.474. The van der Waals surface area contributed by atoms with E-state index in [1.807, 2.05) is 6.92 Å². The molecule has 3 heteroatoms. The lowest BCUT2D eigenvalue weighted by molar-refractivity contribution is 0.208. The maximum Gasteiger partial charge on any atom is 0.154 e. The van der Waals surface area contributed by atoms with Crippen molar-refractivity contribution in [2.45, 2.75) is 31.7 Å². The summed E-state index contributed by atoms with van der Waals surface area (Å²) in [4.78, 5) is 4.09. The number of aliphatic hydroxyl groups is 1. The van der Waals surface area contributed by atoms with E-state index in [1.165, 1.54) is 0 Å². The van der Waals surface area contributed by atoms with Crippen molar-refractivity contribution in [3.63, 3.8) is 0 Å². The third-order valence-corrected chi connectivity index (χ3v) is 3.29. The minimum Gasteiger partial charge on any atom is -0.371 e. The van der Waals surface area contributed by atoms with Gasteiger partial charge in [-0.25, -0.2) is 0 Å². The molecule has 0 radical (unpaired) electrons. The van der Waals surface area contributed by atoms with E-state index in [4.69, 9.17) is 5.11 Å². The summed E-state index contributed by atoms with van der Waals surface area (Å²) in [5.74, 6) is 0.727. The van der Waals surface area contributed by atoms with E-state index in [9.17, 15) is 0 Å². The van der Waals surface area contributed by atoms with E-state index in [2.05, 4.69) is 18.8 Å². The fourth-order valence-electron chi connectivity index (χ4n) is 0.804. The van der Waals surface area contributed by atoms with Gasteiger partial charge >= 0.3 is 0 Å². The van der Waals surface area contributed by atoms with Crippen LogP contribution in [0.4, 0.5) is 0 Å². The summed E-state index contributed by atoms with van der Waals surface area (Å²) in [6, 6.07) is 0. The van der Waals surface area contributed by atoms with E-state index >= 15 is 0 Å². The van der Waals surface area contributed by atoms with Gasteiger partial charge in [0.15, 0.2) is 6.23 Å². The lowest BCUT2D eigenvalue weighted by Gasteiger charge is -2.29. The van der Waals surface area contributed by atoms with Gasteiger partial charge < -0.3 is 5.11 Å². The van der Waals surface area contributed by atoms with Crippen LogP contribution in [0.25, 0.3) is 0 Å². The van der Waals surface area contributed by atoms with Gasteiger partial charge in [-0.3, -0.25) is 4.99 Å². The summed E-state index contributed by atoms with van der Waals surface area (Å²) in [6.07, 6.45) is -0.474. The van der Waals surface area contributed by atoms with Crippen LogP contribution in [0.2, 0.25) is 0 Å². The van der Waals surface area contributed by atoms with Crippen LogP contribution in [0.5, 0.6) is 0 Å². The van der Waals surface area contributed by atoms with Crippen molar-refractivity contribution in [1.82, 2.24) is 0 Å². The molecule has 1 aliphatic rings. The largest absolute Gasteiger partial charge is 0.371 e. The van der Waals surface area contributed by atoms with E-state index in [1.54, 1.807) is 11.8 Å². The number of aliphatic imine (C=N–C) groups is 1. The normalized spacial score (nSPS) is 31.6. The third kappa shape index (κ3) is 1.52. The molecule has 58 valence electrons. The van der Waals surface area contributed by atoms with Gasteiger partial charge in [-0.1, -0.05) is 0 Å². The summed E-state index contributed by atoms with van der Waals surface area (Å²) < 4.78 is 0.124. The Kier molecular flexibility index (Phi) is 2.06. The maximum atomic E-state index is 9.10. The standard InChI is InChI=1S/C7H13NOS/c1-5-7(2,3)10-4-6(9)8-5/h6,9H,4H2,1-3H3. The topological polar surface area (TPSA) is 32.6 Å². The molecule has 1 N–H and O–H groups in total.